The molecular formula is C30H38F3N3O5. The summed E-state index contributed by atoms with van der Waals surface area (Å²) >= 11 is 0. The molecule has 11 heteroatoms. The number of Topliss-reactive ketones (excluding diaryl/α,β-unsaturated/α-hetero) is 1. The van der Waals surface area contributed by atoms with Crippen LogP contribution in [0.4, 0.5) is 13.2 Å². The number of halogens is 3. The zero-order valence-corrected chi connectivity index (χ0v) is 24.2. The summed E-state index contributed by atoms with van der Waals surface area (Å²) < 4.78 is 61.7. The lowest BCUT2D eigenvalue weighted by Crippen LogP contribution is -2.38. The van der Waals surface area contributed by atoms with Crippen molar-refractivity contribution in [1.29, 1.82) is 0 Å². The number of H-pyrrole nitrogens is 1. The van der Waals surface area contributed by atoms with Gasteiger partial charge in [0.15, 0.2) is 12.0 Å². The van der Waals surface area contributed by atoms with E-state index in [0.29, 0.717) is 35.5 Å². The van der Waals surface area contributed by atoms with Crippen molar-refractivity contribution in [1.82, 2.24) is 14.8 Å². The van der Waals surface area contributed by atoms with Crippen molar-refractivity contribution in [3.05, 3.63) is 65.2 Å². The summed E-state index contributed by atoms with van der Waals surface area (Å²) in [5.41, 5.74) is 2.17. The monoisotopic (exact) mass is 577 g/mol. The smallest absolute Gasteiger partial charge is 0.448 e. The summed E-state index contributed by atoms with van der Waals surface area (Å²) in [4.78, 5) is 20.0. The number of ketones is 1. The summed E-state index contributed by atoms with van der Waals surface area (Å²) in [6, 6.07) is 7.64. The van der Waals surface area contributed by atoms with Crippen molar-refractivity contribution >= 4 is 11.4 Å². The number of nitrogens with one attached hydrogen (secondary N) is 1. The number of hydrogen-bond acceptors (Lipinski definition) is 7. The molecule has 0 bridgehead atoms. The lowest BCUT2D eigenvalue weighted by Gasteiger charge is -2.36. The summed E-state index contributed by atoms with van der Waals surface area (Å²) in [6.45, 7) is 15.1. The number of nitrogens with zero attached hydrogens (tertiary/aromatic N) is 2. The Kier molecular flexibility index (Phi) is 9.20. The fraction of sp³-hybridized carbons (Fsp3) is 0.500. The molecule has 1 N–H and O–H groups in total. The van der Waals surface area contributed by atoms with Gasteiger partial charge >= 0.3 is 6.18 Å². The van der Waals surface area contributed by atoms with Gasteiger partial charge in [0.1, 0.15) is 12.4 Å². The lowest BCUT2D eigenvalue weighted by atomic mass is 9.81. The second-order valence-electron chi connectivity index (χ2n) is 11.0. The SMILES string of the molecule is C=C(Oc1[nH]c2c(c1C)C(C)(C)CN(C(OC)c1ccc(OCCN3CCOCC3)cc1)C=C2C(C)=O)C(F)(F)F. The minimum atomic E-state index is -4.71. The molecule has 2 aliphatic heterocycles. The molecule has 1 aromatic carbocycles. The molecule has 1 saturated heterocycles. The molecule has 0 aliphatic carbocycles. The van der Waals surface area contributed by atoms with E-state index in [2.05, 4.69) is 16.5 Å². The van der Waals surface area contributed by atoms with Crippen molar-refractivity contribution in [2.24, 2.45) is 0 Å². The van der Waals surface area contributed by atoms with E-state index in [1.54, 1.807) is 20.2 Å². The Morgan fingerprint density at radius 3 is 2.44 bits per heavy atom. The Balaban J connectivity index is 1.57. The molecule has 2 aliphatic rings. The van der Waals surface area contributed by atoms with E-state index in [1.807, 2.05) is 43.0 Å². The molecule has 0 radical (unpaired) electrons. The number of carbonyl (C=O) groups excluding carboxylic acids is 1. The van der Waals surface area contributed by atoms with Gasteiger partial charge in [-0.3, -0.25) is 9.69 Å². The van der Waals surface area contributed by atoms with E-state index in [-0.39, 0.29) is 11.7 Å². The van der Waals surface area contributed by atoms with Crippen molar-refractivity contribution in [2.75, 3.05) is 53.1 Å². The predicted octanol–water partition coefficient (Wildman–Crippen LogP) is 5.36. The van der Waals surface area contributed by atoms with E-state index in [9.17, 15) is 18.0 Å². The molecule has 3 heterocycles. The molecule has 224 valence electrons. The van der Waals surface area contributed by atoms with Crippen LogP contribution in [0.15, 0.2) is 42.8 Å². The van der Waals surface area contributed by atoms with Gasteiger partial charge in [0.2, 0.25) is 11.6 Å². The van der Waals surface area contributed by atoms with Gasteiger partial charge in [0.25, 0.3) is 0 Å². The number of alkyl halides is 3. The van der Waals surface area contributed by atoms with Crippen molar-refractivity contribution in [3.8, 4) is 11.6 Å². The summed E-state index contributed by atoms with van der Waals surface area (Å²) in [5, 5.41) is 0. The summed E-state index contributed by atoms with van der Waals surface area (Å²) in [5.74, 6) is -0.932. The van der Waals surface area contributed by atoms with E-state index in [0.717, 1.165) is 44.2 Å². The number of rotatable bonds is 10. The van der Waals surface area contributed by atoms with Crippen LogP contribution in [0.1, 0.15) is 49.4 Å². The number of allylic oxidation sites excluding steroid dienone is 2. The number of morpholine rings is 1. The Morgan fingerprint density at radius 1 is 1.20 bits per heavy atom. The second-order valence-corrected chi connectivity index (χ2v) is 11.0. The summed E-state index contributed by atoms with van der Waals surface area (Å²) in [7, 11) is 1.59. The molecule has 1 atom stereocenters. The maximum absolute atomic E-state index is 13.1. The Labute approximate surface area is 238 Å². The number of methoxy groups -OCH3 is 1. The third kappa shape index (κ3) is 6.97. The van der Waals surface area contributed by atoms with E-state index in [4.69, 9.17) is 18.9 Å². The molecule has 2 aromatic rings. The first-order valence-corrected chi connectivity index (χ1v) is 13.5. The quantitative estimate of drug-likeness (QED) is 0.381. The number of benzene rings is 1. The van der Waals surface area contributed by atoms with Crippen LogP contribution >= 0.6 is 0 Å². The first-order chi connectivity index (χ1) is 19.3. The average molecular weight is 578 g/mol. The normalized spacial score (nSPS) is 18.2. The van der Waals surface area contributed by atoms with Crippen LogP contribution in [0.3, 0.4) is 0 Å². The number of carbonyl (C=O) groups is 1. The summed E-state index contributed by atoms with van der Waals surface area (Å²) in [6.07, 6.45) is -3.54. The van der Waals surface area contributed by atoms with Crippen LogP contribution in [-0.4, -0.2) is 79.9 Å². The van der Waals surface area contributed by atoms with Gasteiger partial charge < -0.3 is 28.8 Å². The van der Waals surface area contributed by atoms with Crippen LogP contribution in [0.5, 0.6) is 11.6 Å². The van der Waals surface area contributed by atoms with Crippen molar-refractivity contribution in [2.45, 2.75) is 45.5 Å². The van der Waals surface area contributed by atoms with Crippen LogP contribution in [-0.2, 0) is 19.7 Å². The molecule has 0 spiro atoms. The van der Waals surface area contributed by atoms with Crippen LogP contribution in [0.2, 0.25) is 0 Å². The Morgan fingerprint density at radius 2 is 1.85 bits per heavy atom. The average Bonchev–Trinajstić information content (AvgIpc) is 3.17. The van der Waals surface area contributed by atoms with Gasteiger partial charge in [-0.05, 0) is 31.5 Å². The predicted molar refractivity (Wildman–Crippen MR) is 149 cm³/mol. The first-order valence-electron chi connectivity index (χ1n) is 13.5. The Hall–Kier alpha value is -3.28. The highest BCUT2D eigenvalue weighted by atomic mass is 19.4. The zero-order valence-electron chi connectivity index (χ0n) is 24.2. The van der Waals surface area contributed by atoms with Gasteiger partial charge in [0.05, 0.1) is 24.5 Å². The first kappa shape index (κ1) is 30.7. The fourth-order valence-electron chi connectivity index (χ4n) is 5.44. The van der Waals surface area contributed by atoms with Gasteiger partial charge in [-0.15, -0.1) is 0 Å². The number of ether oxygens (including phenoxy) is 4. The minimum absolute atomic E-state index is 0.0847. The van der Waals surface area contributed by atoms with Gasteiger partial charge in [-0.25, -0.2) is 0 Å². The molecule has 1 aromatic heterocycles. The highest BCUT2D eigenvalue weighted by Gasteiger charge is 2.40. The highest BCUT2D eigenvalue weighted by Crippen LogP contribution is 2.43. The van der Waals surface area contributed by atoms with Gasteiger partial charge in [0, 0.05) is 56.0 Å². The van der Waals surface area contributed by atoms with E-state index < -0.39 is 23.6 Å². The lowest BCUT2D eigenvalue weighted by molar-refractivity contribution is -0.116. The third-order valence-corrected chi connectivity index (χ3v) is 7.41. The maximum atomic E-state index is 13.1. The fourth-order valence-corrected chi connectivity index (χ4v) is 5.44. The van der Waals surface area contributed by atoms with Gasteiger partial charge in [-0.2, -0.15) is 13.2 Å². The maximum Gasteiger partial charge on any atom is 0.448 e. The number of hydrogen-bond donors (Lipinski definition) is 1. The molecule has 1 fully saturated rings. The van der Waals surface area contributed by atoms with Gasteiger partial charge in [-0.1, -0.05) is 32.6 Å². The molecule has 8 nitrogen and oxygen atoms in total. The van der Waals surface area contributed by atoms with E-state index in [1.165, 1.54) is 6.92 Å². The minimum Gasteiger partial charge on any atom is -0.492 e. The molecule has 4 rings (SSSR count). The largest absolute Gasteiger partial charge is 0.492 e. The third-order valence-electron chi connectivity index (χ3n) is 7.41. The zero-order chi connectivity index (χ0) is 29.9. The van der Waals surface area contributed by atoms with Crippen molar-refractivity contribution < 1.29 is 36.9 Å². The Bertz CT molecular complexity index is 1280. The molecule has 0 amide bonds. The second kappa shape index (κ2) is 12.3. The molecule has 41 heavy (non-hydrogen) atoms. The number of aromatic nitrogens is 1. The molecule has 0 saturated carbocycles. The van der Waals surface area contributed by atoms with Crippen molar-refractivity contribution in [3.63, 3.8) is 0 Å². The number of fused-ring (bicyclic) bond motifs is 1. The highest BCUT2D eigenvalue weighted by molar-refractivity contribution is 6.19. The van der Waals surface area contributed by atoms with Crippen LogP contribution in [0.25, 0.3) is 5.57 Å². The van der Waals surface area contributed by atoms with E-state index >= 15 is 0 Å². The molecule has 1 unspecified atom stereocenters. The number of aromatic amines is 1. The molecular weight excluding hydrogens is 539 g/mol. The topological polar surface area (TPSA) is 76.3 Å². The standard InChI is InChI=1S/C30H38F3N3O5/c1-19-25-26(34-27(19)41-21(3)30(31,32)33)24(20(2)37)17-36(18-29(25,4)5)28(38-6)22-7-9-23(10-8-22)40-16-13-35-11-14-39-15-12-35/h7-10,17,28,34H,3,11-16,18H2,1-2,4-6H3. The van der Waals surface area contributed by atoms with Crippen LogP contribution in [0, 0.1) is 6.92 Å². The van der Waals surface area contributed by atoms with Crippen LogP contribution < -0.4 is 9.47 Å².